The van der Waals surface area contributed by atoms with Gasteiger partial charge in [-0.2, -0.15) is 5.26 Å². The van der Waals surface area contributed by atoms with Crippen LogP contribution in [0.15, 0.2) is 36.5 Å². The molecule has 0 saturated carbocycles. The fourth-order valence-corrected chi connectivity index (χ4v) is 3.08. The van der Waals surface area contributed by atoms with Crippen molar-refractivity contribution in [3.8, 4) is 6.07 Å². The third-order valence-electron chi connectivity index (χ3n) is 4.42. The van der Waals surface area contributed by atoms with Gasteiger partial charge < -0.3 is 14.5 Å². The van der Waals surface area contributed by atoms with E-state index in [0.717, 1.165) is 0 Å². The minimum absolute atomic E-state index is 0.162. The fraction of sp³-hybridized carbons (Fsp3) is 0.278. The van der Waals surface area contributed by atoms with Crippen LogP contribution in [0.25, 0.3) is 0 Å². The van der Waals surface area contributed by atoms with Crippen LogP contribution >= 0.6 is 0 Å². The van der Waals surface area contributed by atoms with Crippen molar-refractivity contribution >= 4 is 23.2 Å². The summed E-state index contributed by atoms with van der Waals surface area (Å²) in [6, 6.07) is 9.77. The van der Waals surface area contributed by atoms with Gasteiger partial charge in [-0.3, -0.25) is 10.1 Å². The summed E-state index contributed by atoms with van der Waals surface area (Å²) in [6.07, 6.45) is 1.65. The van der Waals surface area contributed by atoms with Crippen molar-refractivity contribution in [2.75, 3.05) is 43.1 Å². The van der Waals surface area contributed by atoms with E-state index in [1.807, 2.05) is 9.80 Å². The second-order valence-corrected chi connectivity index (χ2v) is 5.91. The van der Waals surface area contributed by atoms with Gasteiger partial charge in [-0.05, 0) is 18.2 Å². The number of nitrogens with zero attached hydrogens (tertiary/aromatic N) is 5. The lowest BCUT2D eigenvalue weighted by atomic mass is 10.1. The smallest absolute Gasteiger partial charge is 0.340 e. The van der Waals surface area contributed by atoms with E-state index < -0.39 is 10.9 Å². The molecule has 9 nitrogen and oxygen atoms in total. The molecule has 1 aliphatic heterocycles. The molecular weight excluding hydrogens is 350 g/mol. The summed E-state index contributed by atoms with van der Waals surface area (Å²) in [5, 5.41) is 20.3. The number of esters is 1. The van der Waals surface area contributed by atoms with E-state index in [0.29, 0.717) is 43.2 Å². The van der Waals surface area contributed by atoms with Crippen molar-refractivity contribution in [1.82, 2.24) is 4.98 Å². The second kappa shape index (κ2) is 7.70. The average Bonchev–Trinajstić information content (AvgIpc) is 2.72. The van der Waals surface area contributed by atoms with Crippen LogP contribution in [0.1, 0.15) is 15.9 Å². The molecule has 3 rings (SSSR count). The molecule has 0 spiro atoms. The largest absolute Gasteiger partial charge is 0.465 e. The minimum atomic E-state index is -0.618. The monoisotopic (exact) mass is 367 g/mol. The zero-order valence-electron chi connectivity index (χ0n) is 14.7. The Balaban J connectivity index is 1.83. The van der Waals surface area contributed by atoms with Gasteiger partial charge in [0, 0.05) is 44.5 Å². The second-order valence-electron chi connectivity index (χ2n) is 5.91. The van der Waals surface area contributed by atoms with Gasteiger partial charge in [-0.25, -0.2) is 9.78 Å². The first-order valence-corrected chi connectivity index (χ1v) is 8.27. The number of pyridine rings is 1. The first kappa shape index (κ1) is 18.1. The number of aromatic nitrogens is 1. The molecule has 0 radical (unpaired) electrons. The van der Waals surface area contributed by atoms with Gasteiger partial charge in [-0.15, -0.1) is 0 Å². The van der Waals surface area contributed by atoms with Crippen molar-refractivity contribution < 1.29 is 14.5 Å². The van der Waals surface area contributed by atoms with Crippen LogP contribution in [-0.4, -0.2) is 49.2 Å². The van der Waals surface area contributed by atoms with Gasteiger partial charge >= 0.3 is 5.97 Å². The molecule has 9 heteroatoms. The van der Waals surface area contributed by atoms with Crippen LogP contribution in [0.2, 0.25) is 0 Å². The predicted molar refractivity (Wildman–Crippen MR) is 97.8 cm³/mol. The number of nitro groups is 1. The highest BCUT2D eigenvalue weighted by Crippen LogP contribution is 2.28. The molecular formula is C18H17N5O4. The molecule has 0 aliphatic carbocycles. The molecule has 1 fully saturated rings. The standard InChI is InChI=1S/C18H17N5O4/c1-27-18(24)15-11-14(23(25)26)4-5-16(15)21-7-9-22(10-8-21)17-13(12-19)3-2-6-20-17/h2-6,11H,7-10H2,1H3. The number of hydrogen-bond donors (Lipinski definition) is 0. The summed E-state index contributed by atoms with van der Waals surface area (Å²) in [6.45, 7) is 2.35. The van der Waals surface area contributed by atoms with E-state index >= 15 is 0 Å². The van der Waals surface area contributed by atoms with E-state index in [2.05, 4.69) is 11.1 Å². The van der Waals surface area contributed by atoms with Crippen molar-refractivity contribution in [2.45, 2.75) is 0 Å². The lowest BCUT2D eigenvalue weighted by molar-refractivity contribution is -0.384. The number of rotatable bonds is 4. The first-order valence-electron chi connectivity index (χ1n) is 8.27. The molecule has 0 bridgehead atoms. The molecule has 1 aromatic heterocycles. The maximum atomic E-state index is 12.1. The predicted octanol–water partition coefficient (Wildman–Crippen LogP) is 1.97. The Morgan fingerprint density at radius 2 is 1.96 bits per heavy atom. The number of hydrogen-bond acceptors (Lipinski definition) is 8. The van der Waals surface area contributed by atoms with Gasteiger partial charge in [0.15, 0.2) is 0 Å². The number of carbonyl (C=O) groups excluding carboxylic acids is 1. The Morgan fingerprint density at radius 1 is 1.26 bits per heavy atom. The number of piperazine rings is 1. The summed E-state index contributed by atoms with van der Waals surface area (Å²) >= 11 is 0. The van der Waals surface area contributed by atoms with E-state index in [1.165, 1.54) is 19.2 Å². The molecule has 1 saturated heterocycles. The van der Waals surface area contributed by atoms with Crippen molar-refractivity contribution in [3.63, 3.8) is 0 Å². The van der Waals surface area contributed by atoms with E-state index in [1.54, 1.807) is 24.4 Å². The highest BCUT2D eigenvalue weighted by molar-refractivity contribution is 5.96. The van der Waals surface area contributed by atoms with Gasteiger partial charge in [-0.1, -0.05) is 0 Å². The van der Waals surface area contributed by atoms with Crippen LogP contribution in [-0.2, 0) is 4.74 Å². The van der Waals surface area contributed by atoms with Crippen molar-refractivity contribution in [2.24, 2.45) is 0 Å². The topological polar surface area (TPSA) is 113 Å². The molecule has 138 valence electrons. The van der Waals surface area contributed by atoms with Gasteiger partial charge in [0.2, 0.25) is 0 Å². The maximum Gasteiger partial charge on any atom is 0.340 e. The summed E-state index contributed by atoms with van der Waals surface area (Å²) in [5.74, 6) is 0.0177. The number of ether oxygens (including phenoxy) is 1. The number of benzene rings is 1. The maximum absolute atomic E-state index is 12.1. The van der Waals surface area contributed by atoms with Crippen LogP contribution in [0.3, 0.4) is 0 Å². The number of nitro benzene ring substituents is 1. The zero-order valence-corrected chi connectivity index (χ0v) is 14.7. The molecule has 2 heterocycles. The SMILES string of the molecule is COC(=O)c1cc([N+](=O)[O-])ccc1N1CCN(c2ncccc2C#N)CC1. The molecule has 0 atom stereocenters. The number of nitriles is 1. The van der Waals surface area contributed by atoms with E-state index in [9.17, 15) is 20.2 Å². The Morgan fingerprint density at radius 3 is 2.59 bits per heavy atom. The fourth-order valence-electron chi connectivity index (χ4n) is 3.08. The molecule has 1 aromatic carbocycles. The van der Waals surface area contributed by atoms with Gasteiger partial charge in [0.05, 0.1) is 28.8 Å². The summed E-state index contributed by atoms with van der Waals surface area (Å²) in [5.41, 5.74) is 1.10. The lowest BCUT2D eigenvalue weighted by Gasteiger charge is -2.37. The van der Waals surface area contributed by atoms with Crippen LogP contribution in [0.5, 0.6) is 0 Å². The molecule has 1 aliphatic rings. The van der Waals surface area contributed by atoms with E-state index in [4.69, 9.17) is 4.74 Å². The van der Waals surface area contributed by atoms with E-state index in [-0.39, 0.29) is 11.3 Å². The van der Waals surface area contributed by atoms with Crippen LogP contribution in [0, 0.1) is 21.4 Å². The average molecular weight is 367 g/mol. The quantitative estimate of drug-likeness (QED) is 0.458. The molecule has 27 heavy (non-hydrogen) atoms. The first-order chi connectivity index (χ1) is 13.0. The van der Waals surface area contributed by atoms with Crippen LogP contribution < -0.4 is 9.80 Å². The molecule has 2 aromatic rings. The summed E-state index contributed by atoms with van der Waals surface area (Å²) in [7, 11) is 1.24. The van der Waals surface area contributed by atoms with Gasteiger partial charge in [0.25, 0.3) is 5.69 Å². The zero-order chi connectivity index (χ0) is 19.4. The number of non-ortho nitro benzene ring substituents is 1. The highest BCUT2D eigenvalue weighted by atomic mass is 16.6. The van der Waals surface area contributed by atoms with Crippen LogP contribution in [0.4, 0.5) is 17.2 Å². The van der Waals surface area contributed by atoms with Crippen molar-refractivity contribution in [1.29, 1.82) is 5.26 Å². The molecule has 0 amide bonds. The Labute approximate surface area is 155 Å². The summed E-state index contributed by atoms with van der Waals surface area (Å²) < 4.78 is 4.78. The Bertz CT molecular complexity index is 916. The highest BCUT2D eigenvalue weighted by Gasteiger charge is 2.25. The Kier molecular flexibility index (Phi) is 5.17. The third-order valence-corrected chi connectivity index (χ3v) is 4.42. The molecule has 0 N–H and O–H groups in total. The number of carbonyl (C=O) groups is 1. The number of methoxy groups -OCH3 is 1. The normalized spacial score (nSPS) is 13.8. The van der Waals surface area contributed by atoms with Crippen molar-refractivity contribution in [3.05, 3.63) is 57.8 Å². The minimum Gasteiger partial charge on any atom is -0.465 e. The van der Waals surface area contributed by atoms with Gasteiger partial charge in [0.1, 0.15) is 11.9 Å². The summed E-state index contributed by atoms with van der Waals surface area (Å²) in [4.78, 5) is 30.8. The third kappa shape index (κ3) is 3.64. The molecule has 0 unspecified atom stereocenters. The lowest BCUT2D eigenvalue weighted by Crippen LogP contribution is -2.47. The number of anilines is 2. The Hall–Kier alpha value is -3.67.